The molecule has 2 amide bonds. The van der Waals surface area contributed by atoms with Crippen molar-refractivity contribution in [2.24, 2.45) is 0 Å². The summed E-state index contributed by atoms with van der Waals surface area (Å²) in [5.41, 5.74) is 1.54. The fraction of sp³-hybridized carbons (Fsp3) is 0.278. The van der Waals surface area contributed by atoms with Crippen molar-refractivity contribution in [3.05, 3.63) is 52.5 Å². The minimum absolute atomic E-state index is 0.127. The highest BCUT2D eigenvalue weighted by Crippen LogP contribution is 2.34. The second-order valence-electron chi connectivity index (χ2n) is 5.71. The van der Waals surface area contributed by atoms with E-state index in [1.54, 1.807) is 18.1 Å². The lowest BCUT2D eigenvalue weighted by Crippen LogP contribution is -2.50. The molecule has 0 spiro atoms. The number of carbonyl (C=O) groups is 1. The molecule has 0 bridgehead atoms. The molecule has 7 heteroatoms. The Balaban J connectivity index is 1.61. The molecule has 5 nitrogen and oxygen atoms in total. The van der Waals surface area contributed by atoms with E-state index in [0.29, 0.717) is 47.7 Å². The van der Waals surface area contributed by atoms with E-state index in [1.807, 2.05) is 36.4 Å². The molecule has 0 unspecified atom stereocenters. The van der Waals surface area contributed by atoms with E-state index in [0.717, 1.165) is 5.69 Å². The molecule has 1 aliphatic heterocycles. The number of nitrogens with one attached hydrogen (secondary N) is 1. The van der Waals surface area contributed by atoms with Gasteiger partial charge in [-0.15, -0.1) is 0 Å². The standard InChI is InChI=1S/C18H19Cl2N3O2/c1-25-14-5-2-4-13(12-14)21-18(24)23-10-8-22(9-11-23)17-15(19)6-3-7-16(17)20/h2-7,12H,8-11H2,1H3,(H,21,24). The van der Waals surface area contributed by atoms with Crippen LogP contribution in [0.15, 0.2) is 42.5 Å². The monoisotopic (exact) mass is 379 g/mol. The molecule has 1 N–H and O–H groups in total. The molecule has 3 rings (SSSR count). The molecule has 1 saturated heterocycles. The first-order chi connectivity index (χ1) is 12.1. The lowest BCUT2D eigenvalue weighted by Gasteiger charge is -2.36. The van der Waals surface area contributed by atoms with Crippen LogP contribution in [0.1, 0.15) is 0 Å². The van der Waals surface area contributed by atoms with Crippen LogP contribution in [0.25, 0.3) is 0 Å². The van der Waals surface area contributed by atoms with Crippen molar-refractivity contribution < 1.29 is 9.53 Å². The van der Waals surface area contributed by atoms with Crippen molar-refractivity contribution in [1.29, 1.82) is 0 Å². The van der Waals surface area contributed by atoms with Gasteiger partial charge in [-0.05, 0) is 24.3 Å². The van der Waals surface area contributed by atoms with Crippen LogP contribution in [0.3, 0.4) is 0 Å². The van der Waals surface area contributed by atoms with Crippen LogP contribution >= 0.6 is 23.2 Å². The van der Waals surface area contributed by atoms with Crippen molar-refractivity contribution in [3.63, 3.8) is 0 Å². The maximum absolute atomic E-state index is 12.4. The van der Waals surface area contributed by atoms with Gasteiger partial charge in [0, 0.05) is 37.9 Å². The Kier molecular flexibility index (Phi) is 5.56. The van der Waals surface area contributed by atoms with Gasteiger partial charge in [0.2, 0.25) is 0 Å². The van der Waals surface area contributed by atoms with Gasteiger partial charge in [0.05, 0.1) is 22.8 Å². The molecule has 2 aromatic rings. The van der Waals surface area contributed by atoms with E-state index in [1.165, 1.54) is 0 Å². The highest BCUT2D eigenvalue weighted by atomic mass is 35.5. The van der Waals surface area contributed by atoms with Crippen LogP contribution in [-0.2, 0) is 0 Å². The number of rotatable bonds is 3. The first kappa shape index (κ1) is 17.7. The van der Waals surface area contributed by atoms with Crippen LogP contribution in [0.5, 0.6) is 5.75 Å². The van der Waals surface area contributed by atoms with Gasteiger partial charge in [0.1, 0.15) is 5.75 Å². The van der Waals surface area contributed by atoms with Gasteiger partial charge in [-0.1, -0.05) is 35.3 Å². The van der Waals surface area contributed by atoms with Crippen molar-refractivity contribution in [2.45, 2.75) is 0 Å². The Morgan fingerprint density at radius 1 is 1.04 bits per heavy atom. The molecule has 1 fully saturated rings. The topological polar surface area (TPSA) is 44.8 Å². The predicted molar refractivity (Wildman–Crippen MR) is 102 cm³/mol. The van der Waals surface area contributed by atoms with Crippen LogP contribution in [0.2, 0.25) is 10.0 Å². The van der Waals surface area contributed by atoms with Crippen LogP contribution in [0.4, 0.5) is 16.2 Å². The van der Waals surface area contributed by atoms with E-state index in [2.05, 4.69) is 10.2 Å². The minimum Gasteiger partial charge on any atom is -0.497 e. The first-order valence-corrected chi connectivity index (χ1v) is 8.73. The molecule has 2 aromatic carbocycles. The second kappa shape index (κ2) is 7.85. The summed E-state index contributed by atoms with van der Waals surface area (Å²) in [6.45, 7) is 2.54. The van der Waals surface area contributed by atoms with Crippen LogP contribution < -0.4 is 15.0 Å². The molecule has 1 aliphatic rings. The SMILES string of the molecule is COc1cccc(NC(=O)N2CCN(c3c(Cl)cccc3Cl)CC2)c1. The Morgan fingerprint density at radius 3 is 2.32 bits per heavy atom. The number of urea groups is 1. The molecular weight excluding hydrogens is 361 g/mol. The summed E-state index contributed by atoms with van der Waals surface area (Å²) in [6.07, 6.45) is 0. The van der Waals surface area contributed by atoms with Crippen molar-refractivity contribution in [1.82, 2.24) is 4.90 Å². The Morgan fingerprint density at radius 2 is 1.68 bits per heavy atom. The van der Waals surface area contributed by atoms with E-state index in [9.17, 15) is 4.79 Å². The number of nitrogens with zero attached hydrogens (tertiary/aromatic N) is 2. The number of halogens is 2. The molecule has 0 radical (unpaired) electrons. The zero-order valence-corrected chi connectivity index (χ0v) is 15.3. The van der Waals surface area contributed by atoms with E-state index in [4.69, 9.17) is 27.9 Å². The van der Waals surface area contributed by atoms with Gasteiger partial charge >= 0.3 is 6.03 Å². The summed E-state index contributed by atoms with van der Waals surface area (Å²) < 4.78 is 5.17. The molecule has 1 heterocycles. The Labute approximate surface area is 157 Å². The summed E-state index contributed by atoms with van der Waals surface area (Å²) in [5.74, 6) is 0.705. The summed E-state index contributed by atoms with van der Waals surface area (Å²) in [5, 5.41) is 4.15. The predicted octanol–water partition coefficient (Wildman–Crippen LogP) is 4.36. The van der Waals surface area contributed by atoms with Gasteiger partial charge < -0.3 is 19.9 Å². The van der Waals surface area contributed by atoms with Gasteiger partial charge in [-0.25, -0.2) is 4.79 Å². The van der Waals surface area contributed by atoms with Crippen molar-refractivity contribution in [2.75, 3.05) is 43.5 Å². The fourth-order valence-corrected chi connectivity index (χ4v) is 3.46. The number of anilines is 2. The molecular formula is C18H19Cl2N3O2. The van der Waals surface area contributed by atoms with E-state index in [-0.39, 0.29) is 6.03 Å². The summed E-state index contributed by atoms with van der Waals surface area (Å²) in [4.78, 5) is 16.3. The zero-order chi connectivity index (χ0) is 17.8. The number of methoxy groups -OCH3 is 1. The third-order valence-corrected chi connectivity index (χ3v) is 4.75. The fourth-order valence-electron chi connectivity index (χ4n) is 2.83. The van der Waals surface area contributed by atoms with E-state index >= 15 is 0 Å². The number of amides is 2. The average Bonchev–Trinajstić information content (AvgIpc) is 2.62. The number of piperazine rings is 1. The molecule has 0 atom stereocenters. The van der Waals surface area contributed by atoms with E-state index < -0.39 is 0 Å². The summed E-state index contributed by atoms with van der Waals surface area (Å²) in [6, 6.07) is 12.6. The number of para-hydroxylation sites is 1. The van der Waals surface area contributed by atoms with Gasteiger partial charge in [-0.2, -0.15) is 0 Å². The highest BCUT2D eigenvalue weighted by molar-refractivity contribution is 6.39. The summed E-state index contributed by atoms with van der Waals surface area (Å²) >= 11 is 12.5. The zero-order valence-electron chi connectivity index (χ0n) is 13.8. The minimum atomic E-state index is -0.127. The maximum Gasteiger partial charge on any atom is 0.321 e. The summed E-state index contributed by atoms with van der Waals surface area (Å²) in [7, 11) is 1.60. The van der Waals surface area contributed by atoms with Gasteiger partial charge in [0.25, 0.3) is 0 Å². The second-order valence-corrected chi connectivity index (χ2v) is 6.52. The van der Waals surface area contributed by atoms with Crippen LogP contribution in [-0.4, -0.2) is 44.2 Å². The number of ether oxygens (including phenoxy) is 1. The quantitative estimate of drug-likeness (QED) is 0.861. The number of hydrogen-bond acceptors (Lipinski definition) is 3. The lowest BCUT2D eigenvalue weighted by molar-refractivity contribution is 0.208. The number of hydrogen-bond donors (Lipinski definition) is 1. The van der Waals surface area contributed by atoms with Gasteiger partial charge in [-0.3, -0.25) is 0 Å². The normalized spacial score (nSPS) is 14.4. The molecule has 25 heavy (non-hydrogen) atoms. The lowest BCUT2D eigenvalue weighted by atomic mass is 10.2. The van der Waals surface area contributed by atoms with Crippen molar-refractivity contribution >= 4 is 40.6 Å². The molecule has 0 saturated carbocycles. The molecule has 0 aliphatic carbocycles. The number of benzene rings is 2. The first-order valence-electron chi connectivity index (χ1n) is 7.97. The Bertz CT molecular complexity index is 741. The molecule has 132 valence electrons. The van der Waals surface area contributed by atoms with Gasteiger partial charge in [0.15, 0.2) is 0 Å². The number of carbonyl (C=O) groups excluding carboxylic acids is 1. The smallest absolute Gasteiger partial charge is 0.321 e. The average molecular weight is 380 g/mol. The Hall–Kier alpha value is -2.11. The van der Waals surface area contributed by atoms with Crippen LogP contribution in [0, 0.1) is 0 Å². The maximum atomic E-state index is 12.4. The largest absolute Gasteiger partial charge is 0.497 e. The highest BCUT2D eigenvalue weighted by Gasteiger charge is 2.23. The van der Waals surface area contributed by atoms with Crippen molar-refractivity contribution in [3.8, 4) is 5.75 Å². The molecule has 0 aromatic heterocycles. The third kappa shape index (κ3) is 4.11. The third-order valence-electron chi connectivity index (χ3n) is 4.14.